The Bertz CT molecular complexity index is 339. The Morgan fingerprint density at radius 2 is 2.29 bits per heavy atom. The van der Waals surface area contributed by atoms with Gasteiger partial charge in [0.25, 0.3) is 5.91 Å². The fourth-order valence-electron chi connectivity index (χ4n) is 1.09. The lowest BCUT2D eigenvalue weighted by atomic mass is 10.1. The molecule has 3 N–H and O–H groups in total. The number of hydrogen-bond donors (Lipinski definition) is 2. The molecule has 14 heavy (non-hydrogen) atoms. The van der Waals surface area contributed by atoms with Crippen molar-refractivity contribution in [1.29, 1.82) is 0 Å². The zero-order valence-electron chi connectivity index (χ0n) is 8.01. The maximum Gasteiger partial charge on any atom is 0.252 e. The van der Waals surface area contributed by atoms with E-state index in [-0.39, 0.29) is 5.91 Å². The largest absolute Gasteiger partial charge is 0.351 e. The highest BCUT2D eigenvalue weighted by atomic mass is 79.9. The van der Waals surface area contributed by atoms with E-state index in [0.29, 0.717) is 18.7 Å². The van der Waals surface area contributed by atoms with Gasteiger partial charge in [0.05, 0.1) is 5.56 Å². The summed E-state index contributed by atoms with van der Waals surface area (Å²) in [4.78, 5) is 11.5. The first-order valence-electron chi connectivity index (χ1n) is 4.39. The molecule has 0 radical (unpaired) electrons. The molecule has 0 aliphatic carbocycles. The van der Waals surface area contributed by atoms with Gasteiger partial charge in [-0.1, -0.05) is 6.07 Å². The van der Waals surface area contributed by atoms with Gasteiger partial charge in [-0.15, -0.1) is 0 Å². The van der Waals surface area contributed by atoms with Crippen molar-refractivity contribution in [1.82, 2.24) is 5.32 Å². The van der Waals surface area contributed by atoms with E-state index in [2.05, 4.69) is 21.2 Å². The topological polar surface area (TPSA) is 55.1 Å². The maximum atomic E-state index is 11.5. The average molecular weight is 257 g/mol. The molecule has 0 spiro atoms. The van der Waals surface area contributed by atoms with Crippen molar-refractivity contribution in [3.8, 4) is 0 Å². The number of aryl methyl sites for hydroxylation is 1. The van der Waals surface area contributed by atoms with Crippen LogP contribution in [-0.4, -0.2) is 19.0 Å². The summed E-state index contributed by atoms with van der Waals surface area (Å²) in [6.07, 6.45) is 0. The van der Waals surface area contributed by atoms with Crippen LogP contribution < -0.4 is 11.1 Å². The quantitative estimate of drug-likeness (QED) is 0.861. The lowest BCUT2D eigenvalue weighted by Crippen LogP contribution is -2.29. The molecule has 1 aromatic carbocycles. The summed E-state index contributed by atoms with van der Waals surface area (Å²) in [6.45, 7) is 2.93. The lowest BCUT2D eigenvalue weighted by molar-refractivity contribution is 0.0954. The van der Waals surface area contributed by atoms with Gasteiger partial charge in [0, 0.05) is 17.6 Å². The fraction of sp³-hybridized carbons (Fsp3) is 0.300. The molecular formula is C10H13BrN2O. The van der Waals surface area contributed by atoms with Gasteiger partial charge in [-0.2, -0.15) is 0 Å². The zero-order valence-corrected chi connectivity index (χ0v) is 9.60. The summed E-state index contributed by atoms with van der Waals surface area (Å²) in [5.74, 6) is -0.0951. The van der Waals surface area contributed by atoms with Gasteiger partial charge in [-0.05, 0) is 40.5 Å². The number of carbonyl (C=O) groups is 1. The molecule has 1 aromatic rings. The minimum Gasteiger partial charge on any atom is -0.351 e. The van der Waals surface area contributed by atoms with Gasteiger partial charge in [0.1, 0.15) is 0 Å². The third-order valence-electron chi connectivity index (χ3n) is 1.80. The number of carbonyl (C=O) groups excluding carboxylic acids is 1. The van der Waals surface area contributed by atoms with Gasteiger partial charge in [0.15, 0.2) is 0 Å². The first-order valence-corrected chi connectivity index (χ1v) is 5.19. The fourth-order valence-corrected chi connectivity index (χ4v) is 1.76. The molecular weight excluding hydrogens is 244 g/mol. The Labute approximate surface area is 91.8 Å². The van der Waals surface area contributed by atoms with Crippen molar-refractivity contribution in [3.05, 3.63) is 33.8 Å². The minimum atomic E-state index is -0.0951. The van der Waals surface area contributed by atoms with Crippen LogP contribution in [-0.2, 0) is 0 Å². The van der Waals surface area contributed by atoms with Crippen LogP contribution in [0.2, 0.25) is 0 Å². The molecule has 0 saturated heterocycles. The van der Waals surface area contributed by atoms with Crippen molar-refractivity contribution in [3.63, 3.8) is 0 Å². The highest BCUT2D eigenvalue weighted by molar-refractivity contribution is 9.10. The Kier molecular flexibility index (Phi) is 4.10. The van der Waals surface area contributed by atoms with Crippen LogP contribution in [0.3, 0.4) is 0 Å². The normalized spacial score (nSPS) is 9.93. The number of benzene rings is 1. The Morgan fingerprint density at radius 3 is 2.86 bits per heavy atom. The predicted octanol–water partition coefficient (Wildman–Crippen LogP) is 1.45. The summed E-state index contributed by atoms with van der Waals surface area (Å²) < 4.78 is 0.812. The Balaban J connectivity index is 2.80. The molecule has 0 aliphatic heterocycles. The van der Waals surface area contributed by atoms with Gasteiger partial charge >= 0.3 is 0 Å². The van der Waals surface area contributed by atoms with E-state index >= 15 is 0 Å². The number of hydrogen-bond acceptors (Lipinski definition) is 2. The highest BCUT2D eigenvalue weighted by Crippen LogP contribution is 2.17. The SMILES string of the molecule is Cc1ccc(C(=O)NCCN)c(Br)c1. The van der Waals surface area contributed by atoms with E-state index in [9.17, 15) is 4.79 Å². The minimum absolute atomic E-state index is 0.0951. The van der Waals surface area contributed by atoms with Crippen molar-refractivity contribution < 1.29 is 4.79 Å². The predicted molar refractivity (Wildman–Crippen MR) is 60.3 cm³/mol. The summed E-state index contributed by atoms with van der Waals surface area (Å²) in [7, 11) is 0. The van der Waals surface area contributed by atoms with Crippen LogP contribution in [0, 0.1) is 6.92 Å². The van der Waals surface area contributed by atoms with E-state index in [0.717, 1.165) is 10.0 Å². The monoisotopic (exact) mass is 256 g/mol. The number of halogens is 1. The third-order valence-corrected chi connectivity index (χ3v) is 2.46. The smallest absolute Gasteiger partial charge is 0.252 e. The highest BCUT2D eigenvalue weighted by Gasteiger charge is 2.08. The van der Waals surface area contributed by atoms with Crippen molar-refractivity contribution in [2.75, 3.05) is 13.1 Å². The average Bonchev–Trinajstić information content (AvgIpc) is 2.14. The van der Waals surface area contributed by atoms with Crippen LogP contribution >= 0.6 is 15.9 Å². The standard InChI is InChI=1S/C10H13BrN2O/c1-7-2-3-8(9(11)6-7)10(14)13-5-4-12/h2-3,6H,4-5,12H2,1H3,(H,13,14). The number of rotatable bonds is 3. The van der Waals surface area contributed by atoms with Crippen LogP contribution in [0.1, 0.15) is 15.9 Å². The molecule has 0 aliphatic rings. The molecule has 0 bridgehead atoms. The molecule has 76 valence electrons. The lowest BCUT2D eigenvalue weighted by Gasteiger charge is -2.05. The van der Waals surface area contributed by atoms with Crippen LogP contribution in [0.4, 0.5) is 0 Å². The summed E-state index contributed by atoms with van der Waals surface area (Å²) >= 11 is 3.35. The van der Waals surface area contributed by atoms with Gasteiger partial charge in [-0.25, -0.2) is 0 Å². The molecule has 0 aromatic heterocycles. The van der Waals surface area contributed by atoms with E-state index in [1.807, 2.05) is 19.1 Å². The van der Waals surface area contributed by atoms with E-state index in [4.69, 9.17) is 5.73 Å². The zero-order chi connectivity index (χ0) is 10.6. The summed E-state index contributed by atoms with van der Waals surface area (Å²) in [5, 5.41) is 2.71. The van der Waals surface area contributed by atoms with Crippen molar-refractivity contribution in [2.45, 2.75) is 6.92 Å². The summed E-state index contributed by atoms with van der Waals surface area (Å²) in [5.41, 5.74) is 7.05. The molecule has 0 unspecified atom stereocenters. The van der Waals surface area contributed by atoms with Gasteiger partial charge in [0.2, 0.25) is 0 Å². The van der Waals surface area contributed by atoms with Gasteiger partial charge < -0.3 is 11.1 Å². The van der Waals surface area contributed by atoms with E-state index < -0.39 is 0 Å². The first kappa shape index (κ1) is 11.2. The first-order chi connectivity index (χ1) is 6.65. The molecule has 3 nitrogen and oxygen atoms in total. The molecule has 4 heteroatoms. The second-order valence-corrected chi connectivity index (χ2v) is 3.88. The second-order valence-electron chi connectivity index (χ2n) is 3.03. The Morgan fingerprint density at radius 1 is 1.57 bits per heavy atom. The maximum absolute atomic E-state index is 11.5. The van der Waals surface area contributed by atoms with Crippen LogP contribution in [0.15, 0.2) is 22.7 Å². The van der Waals surface area contributed by atoms with Gasteiger partial charge in [-0.3, -0.25) is 4.79 Å². The van der Waals surface area contributed by atoms with E-state index in [1.54, 1.807) is 6.07 Å². The molecule has 0 atom stereocenters. The van der Waals surface area contributed by atoms with Crippen LogP contribution in [0.25, 0.3) is 0 Å². The number of nitrogens with two attached hydrogens (primary N) is 1. The number of amides is 1. The molecule has 1 rings (SSSR count). The second kappa shape index (κ2) is 5.12. The summed E-state index contributed by atoms with van der Waals surface area (Å²) in [6, 6.07) is 5.62. The van der Waals surface area contributed by atoms with E-state index in [1.165, 1.54) is 0 Å². The number of nitrogens with one attached hydrogen (secondary N) is 1. The van der Waals surface area contributed by atoms with Crippen molar-refractivity contribution >= 4 is 21.8 Å². The third kappa shape index (κ3) is 2.82. The van der Waals surface area contributed by atoms with Crippen molar-refractivity contribution in [2.24, 2.45) is 5.73 Å². The molecule has 0 heterocycles. The Hall–Kier alpha value is -0.870. The molecule has 0 fully saturated rings. The van der Waals surface area contributed by atoms with Crippen LogP contribution in [0.5, 0.6) is 0 Å². The molecule has 0 saturated carbocycles. The molecule has 1 amide bonds.